The lowest BCUT2D eigenvalue weighted by molar-refractivity contribution is -0.385. The molecule has 1 amide bonds. The Balaban J connectivity index is 2.31. The zero-order valence-corrected chi connectivity index (χ0v) is 12.5. The summed E-state index contributed by atoms with van der Waals surface area (Å²) in [5.41, 5.74) is -0.115. The second-order valence-electron chi connectivity index (χ2n) is 4.32. The monoisotopic (exact) mass is 352 g/mol. The maximum Gasteiger partial charge on any atom is 0.276 e. The molecule has 21 heavy (non-hydrogen) atoms. The average Bonchev–Trinajstić information content (AvgIpc) is 2.43. The Morgan fingerprint density at radius 2 is 1.90 bits per heavy atom. The van der Waals surface area contributed by atoms with Gasteiger partial charge in [-0.15, -0.1) is 0 Å². The molecule has 0 saturated heterocycles. The largest absolute Gasteiger partial charge is 0.322 e. The van der Waals surface area contributed by atoms with Crippen LogP contribution in [0, 0.1) is 22.9 Å². The van der Waals surface area contributed by atoms with Crippen LogP contribution in [0.1, 0.15) is 15.9 Å². The van der Waals surface area contributed by atoms with Crippen molar-refractivity contribution in [2.24, 2.45) is 0 Å². The number of nitrogens with zero attached hydrogens (tertiary/aromatic N) is 1. The van der Waals surface area contributed by atoms with Gasteiger partial charge in [-0.25, -0.2) is 4.39 Å². The molecular formula is C14H10BrFN2O3. The van der Waals surface area contributed by atoms with E-state index in [2.05, 4.69) is 21.2 Å². The van der Waals surface area contributed by atoms with Crippen molar-refractivity contribution in [3.8, 4) is 0 Å². The Morgan fingerprint density at radius 3 is 2.48 bits per heavy atom. The number of halogens is 2. The number of rotatable bonds is 3. The SMILES string of the molecule is Cc1c(F)cc(C(=O)Nc2ccc(Br)cc2)cc1[N+](=O)[O-]. The molecule has 0 spiro atoms. The molecule has 2 aromatic carbocycles. The quantitative estimate of drug-likeness (QED) is 0.668. The van der Waals surface area contributed by atoms with E-state index in [0.29, 0.717) is 5.69 Å². The molecule has 0 bridgehead atoms. The predicted molar refractivity (Wildman–Crippen MR) is 79.9 cm³/mol. The molecule has 2 aromatic rings. The minimum Gasteiger partial charge on any atom is -0.322 e. The van der Waals surface area contributed by atoms with Crippen LogP contribution in [0.25, 0.3) is 0 Å². The highest BCUT2D eigenvalue weighted by Crippen LogP contribution is 2.23. The zero-order chi connectivity index (χ0) is 15.6. The summed E-state index contributed by atoms with van der Waals surface area (Å²) in [4.78, 5) is 22.2. The van der Waals surface area contributed by atoms with Gasteiger partial charge in [-0.2, -0.15) is 0 Å². The molecule has 108 valence electrons. The third-order valence-corrected chi connectivity index (χ3v) is 3.41. The maximum absolute atomic E-state index is 13.7. The van der Waals surface area contributed by atoms with Gasteiger partial charge in [0.05, 0.1) is 10.5 Å². The van der Waals surface area contributed by atoms with E-state index in [4.69, 9.17) is 0 Å². The number of nitrogens with one attached hydrogen (secondary N) is 1. The summed E-state index contributed by atoms with van der Waals surface area (Å²) >= 11 is 3.26. The van der Waals surface area contributed by atoms with Crippen molar-refractivity contribution in [2.75, 3.05) is 5.32 Å². The molecular weight excluding hydrogens is 343 g/mol. The number of nitro groups is 1. The van der Waals surface area contributed by atoms with Gasteiger partial charge in [0, 0.05) is 21.8 Å². The second-order valence-corrected chi connectivity index (χ2v) is 5.24. The van der Waals surface area contributed by atoms with E-state index in [1.54, 1.807) is 24.3 Å². The molecule has 1 N–H and O–H groups in total. The van der Waals surface area contributed by atoms with Crippen molar-refractivity contribution in [2.45, 2.75) is 6.92 Å². The van der Waals surface area contributed by atoms with E-state index >= 15 is 0 Å². The molecule has 0 aliphatic rings. The molecule has 7 heteroatoms. The van der Waals surface area contributed by atoms with Crippen LogP contribution in [0.4, 0.5) is 15.8 Å². The first-order chi connectivity index (χ1) is 9.88. The zero-order valence-electron chi connectivity index (χ0n) is 10.9. The molecule has 0 radical (unpaired) electrons. The lowest BCUT2D eigenvalue weighted by atomic mass is 10.1. The van der Waals surface area contributed by atoms with Crippen LogP contribution in [0.3, 0.4) is 0 Å². The number of nitro benzene ring substituents is 1. The third-order valence-electron chi connectivity index (χ3n) is 2.88. The summed E-state index contributed by atoms with van der Waals surface area (Å²) in [6.07, 6.45) is 0. The van der Waals surface area contributed by atoms with Crippen molar-refractivity contribution in [1.82, 2.24) is 0 Å². The van der Waals surface area contributed by atoms with Gasteiger partial charge >= 0.3 is 0 Å². The van der Waals surface area contributed by atoms with Crippen LogP contribution in [0.5, 0.6) is 0 Å². The van der Waals surface area contributed by atoms with Crippen molar-refractivity contribution in [1.29, 1.82) is 0 Å². The number of anilines is 1. The number of hydrogen-bond acceptors (Lipinski definition) is 3. The highest BCUT2D eigenvalue weighted by atomic mass is 79.9. The van der Waals surface area contributed by atoms with E-state index < -0.39 is 22.3 Å². The number of benzene rings is 2. The molecule has 0 heterocycles. The van der Waals surface area contributed by atoms with E-state index in [-0.39, 0.29) is 11.1 Å². The van der Waals surface area contributed by atoms with E-state index in [1.807, 2.05) is 0 Å². The van der Waals surface area contributed by atoms with Crippen molar-refractivity contribution in [3.63, 3.8) is 0 Å². The predicted octanol–water partition coefficient (Wildman–Crippen LogP) is 4.06. The Bertz CT molecular complexity index is 717. The Kier molecular flexibility index (Phi) is 4.32. The normalized spacial score (nSPS) is 10.2. The highest BCUT2D eigenvalue weighted by molar-refractivity contribution is 9.10. The third kappa shape index (κ3) is 3.43. The minimum atomic E-state index is -0.787. The molecule has 0 aromatic heterocycles. The second kappa shape index (κ2) is 6.01. The fraction of sp³-hybridized carbons (Fsp3) is 0.0714. The summed E-state index contributed by atoms with van der Waals surface area (Å²) in [6.45, 7) is 1.30. The lowest BCUT2D eigenvalue weighted by Crippen LogP contribution is -2.13. The Morgan fingerprint density at radius 1 is 1.29 bits per heavy atom. The van der Waals surface area contributed by atoms with E-state index in [0.717, 1.165) is 16.6 Å². The summed E-state index contributed by atoms with van der Waals surface area (Å²) in [7, 11) is 0. The average molecular weight is 353 g/mol. The molecule has 0 aliphatic carbocycles. The first-order valence-corrected chi connectivity index (χ1v) is 6.69. The smallest absolute Gasteiger partial charge is 0.276 e. The van der Waals surface area contributed by atoms with E-state index in [1.165, 1.54) is 6.92 Å². The topological polar surface area (TPSA) is 72.2 Å². The van der Waals surface area contributed by atoms with Crippen LogP contribution >= 0.6 is 15.9 Å². The van der Waals surface area contributed by atoms with Crippen molar-refractivity contribution in [3.05, 3.63) is 67.9 Å². The molecule has 2 rings (SSSR count). The summed E-state index contributed by atoms with van der Waals surface area (Å²) < 4.78 is 14.5. The van der Waals surface area contributed by atoms with Gasteiger partial charge in [0.1, 0.15) is 5.82 Å². The number of carbonyl (C=O) groups is 1. The molecule has 0 atom stereocenters. The van der Waals surface area contributed by atoms with Gasteiger partial charge in [0.15, 0.2) is 0 Å². The van der Waals surface area contributed by atoms with Gasteiger partial charge in [0.25, 0.3) is 11.6 Å². The summed E-state index contributed by atoms with van der Waals surface area (Å²) in [5, 5.41) is 13.4. The molecule has 0 aliphatic heterocycles. The number of hydrogen-bond donors (Lipinski definition) is 1. The van der Waals surface area contributed by atoms with Crippen LogP contribution in [-0.4, -0.2) is 10.8 Å². The molecule has 0 fully saturated rings. The van der Waals surface area contributed by atoms with Gasteiger partial charge in [-0.05, 0) is 37.3 Å². The molecule has 5 nitrogen and oxygen atoms in total. The van der Waals surface area contributed by atoms with Crippen LogP contribution in [-0.2, 0) is 0 Å². The number of carbonyl (C=O) groups excluding carboxylic acids is 1. The van der Waals surface area contributed by atoms with Gasteiger partial charge in [0.2, 0.25) is 0 Å². The van der Waals surface area contributed by atoms with E-state index in [9.17, 15) is 19.3 Å². The van der Waals surface area contributed by atoms with Crippen molar-refractivity contribution < 1.29 is 14.1 Å². The van der Waals surface area contributed by atoms with Gasteiger partial charge < -0.3 is 5.32 Å². The number of amides is 1. The minimum absolute atomic E-state index is 0.0970. The fourth-order valence-corrected chi connectivity index (χ4v) is 1.99. The highest BCUT2D eigenvalue weighted by Gasteiger charge is 2.19. The van der Waals surface area contributed by atoms with Crippen LogP contribution in [0.15, 0.2) is 40.9 Å². The van der Waals surface area contributed by atoms with Gasteiger partial charge in [-0.1, -0.05) is 15.9 Å². The van der Waals surface area contributed by atoms with Gasteiger partial charge in [-0.3, -0.25) is 14.9 Å². The molecule has 0 saturated carbocycles. The Hall–Kier alpha value is -2.28. The summed E-state index contributed by atoms with van der Waals surface area (Å²) in [6, 6.07) is 8.81. The van der Waals surface area contributed by atoms with Crippen LogP contribution < -0.4 is 5.32 Å². The Labute approximate surface area is 128 Å². The lowest BCUT2D eigenvalue weighted by Gasteiger charge is -2.07. The first-order valence-electron chi connectivity index (χ1n) is 5.90. The fourth-order valence-electron chi connectivity index (χ4n) is 1.72. The summed E-state index contributed by atoms with van der Waals surface area (Å²) in [5.74, 6) is -1.40. The first kappa shape index (κ1) is 15.1. The molecule has 0 unspecified atom stereocenters. The maximum atomic E-state index is 13.7. The standard InChI is InChI=1S/C14H10BrFN2O3/c1-8-12(16)6-9(7-13(8)18(20)21)14(19)17-11-4-2-10(15)3-5-11/h2-7H,1H3,(H,17,19). The van der Waals surface area contributed by atoms with Crippen molar-refractivity contribution >= 4 is 33.2 Å². The van der Waals surface area contributed by atoms with Crippen LogP contribution in [0.2, 0.25) is 0 Å².